The minimum absolute atomic E-state index is 0.280. The van der Waals surface area contributed by atoms with Crippen molar-refractivity contribution in [3.05, 3.63) is 28.8 Å². The molecule has 2 atom stereocenters. The summed E-state index contributed by atoms with van der Waals surface area (Å²) in [6.45, 7) is 5.28. The van der Waals surface area contributed by atoms with E-state index in [9.17, 15) is 0 Å². The van der Waals surface area contributed by atoms with E-state index in [1.54, 1.807) is 7.11 Å². The summed E-state index contributed by atoms with van der Waals surface area (Å²) in [6, 6.07) is 6.29. The summed E-state index contributed by atoms with van der Waals surface area (Å²) in [7, 11) is 1.64. The number of methoxy groups -OCH3 is 1. The van der Waals surface area contributed by atoms with Crippen LogP contribution in [-0.2, 0) is 6.54 Å². The van der Waals surface area contributed by atoms with Gasteiger partial charge in [0, 0.05) is 19.1 Å². The van der Waals surface area contributed by atoms with Gasteiger partial charge in [0.25, 0.3) is 0 Å². The van der Waals surface area contributed by atoms with Crippen LogP contribution in [0.2, 0.25) is 5.02 Å². The molecule has 0 aliphatic carbocycles. The molecule has 2 unspecified atom stereocenters. The quantitative estimate of drug-likeness (QED) is 0.923. The Labute approximate surface area is 120 Å². The first-order valence-corrected chi connectivity index (χ1v) is 7.28. The van der Waals surface area contributed by atoms with E-state index in [0.29, 0.717) is 10.9 Å². The zero-order chi connectivity index (χ0) is 13.8. The predicted octanol–water partition coefficient (Wildman–Crippen LogP) is 2.91. The van der Waals surface area contributed by atoms with E-state index in [-0.39, 0.29) is 6.04 Å². The van der Waals surface area contributed by atoms with Crippen LogP contribution >= 0.6 is 11.6 Å². The second-order valence-corrected chi connectivity index (χ2v) is 5.87. The zero-order valence-corrected chi connectivity index (χ0v) is 12.5. The van der Waals surface area contributed by atoms with E-state index in [4.69, 9.17) is 22.1 Å². The molecule has 0 amide bonds. The Bertz CT molecular complexity index is 423. The van der Waals surface area contributed by atoms with E-state index in [1.165, 1.54) is 18.4 Å². The fourth-order valence-corrected chi connectivity index (χ4v) is 3.01. The second-order valence-electron chi connectivity index (χ2n) is 5.47. The van der Waals surface area contributed by atoms with Gasteiger partial charge in [-0.05, 0) is 49.9 Å². The molecule has 2 N–H and O–H groups in total. The van der Waals surface area contributed by atoms with Crippen LogP contribution < -0.4 is 10.5 Å². The largest absolute Gasteiger partial charge is 0.495 e. The fraction of sp³-hybridized carbons (Fsp3) is 0.600. The number of hydrogen-bond donors (Lipinski definition) is 1. The van der Waals surface area contributed by atoms with Crippen LogP contribution in [0, 0.1) is 5.92 Å². The van der Waals surface area contributed by atoms with Crippen LogP contribution in [0.3, 0.4) is 0 Å². The van der Waals surface area contributed by atoms with Gasteiger partial charge in [-0.1, -0.05) is 17.7 Å². The topological polar surface area (TPSA) is 38.5 Å². The molecule has 1 aromatic carbocycles. The number of halogens is 1. The third kappa shape index (κ3) is 3.85. The lowest BCUT2D eigenvalue weighted by Gasteiger charge is -2.34. The van der Waals surface area contributed by atoms with Gasteiger partial charge in [-0.25, -0.2) is 0 Å². The molecular weight excluding hydrogens is 260 g/mol. The number of likely N-dealkylation sites (tertiary alicyclic amines) is 1. The molecule has 19 heavy (non-hydrogen) atoms. The number of hydrogen-bond acceptors (Lipinski definition) is 3. The number of piperidine rings is 1. The van der Waals surface area contributed by atoms with E-state index in [2.05, 4.69) is 17.9 Å². The Morgan fingerprint density at radius 3 is 2.95 bits per heavy atom. The van der Waals surface area contributed by atoms with E-state index in [1.807, 2.05) is 12.1 Å². The minimum atomic E-state index is 0.280. The Balaban J connectivity index is 1.98. The molecule has 2 rings (SSSR count). The molecule has 106 valence electrons. The molecule has 0 spiro atoms. The number of nitrogens with zero attached hydrogens (tertiary/aromatic N) is 1. The number of benzene rings is 1. The van der Waals surface area contributed by atoms with E-state index in [0.717, 1.165) is 25.4 Å². The van der Waals surface area contributed by atoms with Crippen LogP contribution in [0.4, 0.5) is 0 Å². The van der Waals surface area contributed by atoms with Gasteiger partial charge in [-0.2, -0.15) is 0 Å². The molecule has 0 radical (unpaired) electrons. The molecule has 0 saturated carbocycles. The van der Waals surface area contributed by atoms with E-state index >= 15 is 0 Å². The third-order valence-corrected chi connectivity index (χ3v) is 4.20. The maximum atomic E-state index is 6.16. The standard InChI is InChI=1S/C15H23ClN2O/c1-11(17)13-4-3-7-18(10-13)9-12-5-6-15(19-2)14(16)8-12/h5-6,8,11,13H,3-4,7,9-10,17H2,1-2H3. The molecule has 4 heteroatoms. The Hall–Kier alpha value is -0.770. The Morgan fingerprint density at radius 2 is 2.32 bits per heavy atom. The maximum Gasteiger partial charge on any atom is 0.137 e. The average molecular weight is 283 g/mol. The van der Waals surface area contributed by atoms with Crippen molar-refractivity contribution >= 4 is 11.6 Å². The second kappa shape index (κ2) is 6.60. The highest BCUT2D eigenvalue weighted by molar-refractivity contribution is 6.32. The number of rotatable bonds is 4. The molecule has 1 saturated heterocycles. The SMILES string of the molecule is COc1ccc(CN2CCCC(C(C)N)C2)cc1Cl. The highest BCUT2D eigenvalue weighted by Crippen LogP contribution is 2.26. The molecule has 1 aliphatic heterocycles. The van der Waals surface area contributed by atoms with Crippen molar-refractivity contribution in [3.63, 3.8) is 0 Å². The lowest BCUT2D eigenvalue weighted by Crippen LogP contribution is -2.41. The van der Waals surface area contributed by atoms with Gasteiger partial charge in [-0.3, -0.25) is 4.90 Å². The lowest BCUT2D eigenvalue weighted by molar-refractivity contribution is 0.154. The molecule has 0 aromatic heterocycles. The van der Waals surface area contributed by atoms with Crippen LogP contribution in [0.1, 0.15) is 25.3 Å². The Kier molecular flexibility index (Phi) is 5.08. The number of nitrogens with two attached hydrogens (primary N) is 1. The third-order valence-electron chi connectivity index (χ3n) is 3.91. The first-order valence-electron chi connectivity index (χ1n) is 6.90. The van der Waals surface area contributed by atoms with Gasteiger partial charge in [-0.15, -0.1) is 0 Å². The smallest absolute Gasteiger partial charge is 0.137 e. The molecule has 1 fully saturated rings. The minimum Gasteiger partial charge on any atom is -0.495 e. The van der Waals surface area contributed by atoms with Crippen molar-refractivity contribution in [2.45, 2.75) is 32.4 Å². The average Bonchev–Trinajstić information content (AvgIpc) is 2.39. The van der Waals surface area contributed by atoms with Crippen LogP contribution in [0.15, 0.2) is 18.2 Å². The predicted molar refractivity (Wildman–Crippen MR) is 79.7 cm³/mol. The van der Waals surface area contributed by atoms with Gasteiger partial charge in [0.1, 0.15) is 5.75 Å². The summed E-state index contributed by atoms with van der Waals surface area (Å²) in [6.07, 6.45) is 2.48. The summed E-state index contributed by atoms with van der Waals surface area (Å²) in [4.78, 5) is 2.47. The summed E-state index contributed by atoms with van der Waals surface area (Å²) in [5, 5.41) is 0.681. The van der Waals surface area contributed by atoms with Crippen LogP contribution in [-0.4, -0.2) is 31.1 Å². The van der Waals surface area contributed by atoms with Gasteiger partial charge in [0.15, 0.2) is 0 Å². The van der Waals surface area contributed by atoms with Gasteiger partial charge in [0.05, 0.1) is 12.1 Å². The molecule has 3 nitrogen and oxygen atoms in total. The highest BCUT2D eigenvalue weighted by Gasteiger charge is 2.22. The maximum absolute atomic E-state index is 6.16. The van der Waals surface area contributed by atoms with Crippen LogP contribution in [0.25, 0.3) is 0 Å². The van der Waals surface area contributed by atoms with Crippen molar-refractivity contribution in [1.82, 2.24) is 4.90 Å². The van der Waals surface area contributed by atoms with Crippen molar-refractivity contribution < 1.29 is 4.74 Å². The summed E-state index contributed by atoms with van der Waals surface area (Å²) in [5.74, 6) is 1.35. The lowest BCUT2D eigenvalue weighted by atomic mass is 9.92. The Morgan fingerprint density at radius 1 is 1.53 bits per heavy atom. The van der Waals surface area contributed by atoms with Gasteiger partial charge in [0.2, 0.25) is 0 Å². The van der Waals surface area contributed by atoms with E-state index < -0.39 is 0 Å². The first kappa shape index (κ1) is 14.6. The monoisotopic (exact) mass is 282 g/mol. The summed E-state index contributed by atoms with van der Waals surface area (Å²) >= 11 is 6.16. The first-order chi connectivity index (χ1) is 9.10. The van der Waals surface area contributed by atoms with Gasteiger partial charge >= 0.3 is 0 Å². The summed E-state index contributed by atoms with van der Waals surface area (Å²) in [5.41, 5.74) is 7.25. The number of ether oxygens (including phenoxy) is 1. The molecular formula is C15H23ClN2O. The van der Waals surface area contributed by atoms with Gasteiger partial charge < -0.3 is 10.5 Å². The normalized spacial score (nSPS) is 22.2. The van der Waals surface area contributed by atoms with Crippen molar-refractivity contribution in [3.8, 4) is 5.75 Å². The molecule has 1 aromatic rings. The van der Waals surface area contributed by atoms with Crippen molar-refractivity contribution in [2.75, 3.05) is 20.2 Å². The fourth-order valence-electron chi connectivity index (χ4n) is 2.73. The summed E-state index contributed by atoms with van der Waals surface area (Å²) < 4.78 is 5.18. The zero-order valence-electron chi connectivity index (χ0n) is 11.7. The molecule has 0 bridgehead atoms. The molecule has 1 heterocycles. The van der Waals surface area contributed by atoms with Crippen LogP contribution in [0.5, 0.6) is 5.75 Å². The van der Waals surface area contributed by atoms with Crippen molar-refractivity contribution in [2.24, 2.45) is 11.7 Å². The highest BCUT2D eigenvalue weighted by atomic mass is 35.5. The molecule has 1 aliphatic rings. The van der Waals surface area contributed by atoms with Crippen molar-refractivity contribution in [1.29, 1.82) is 0 Å².